The molecular formula is C12H16FNO. The molecule has 2 atom stereocenters. The van der Waals surface area contributed by atoms with Crippen LogP contribution in [0.25, 0.3) is 0 Å². The average Bonchev–Trinajstić information content (AvgIpc) is 2.68. The van der Waals surface area contributed by atoms with E-state index in [1.807, 2.05) is 19.2 Å². The van der Waals surface area contributed by atoms with Crippen LogP contribution in [-0.4, -0.2) is 20.2 Å². The van der Waals surface area contributed by atoms with Crippen LogP contribution >= 0.6 is 0 Å². The standard InChI is InChI=1S/C12H16FNO/c1-14-8-10-6-7-15-12(10)9-2-4-11(13)5-3-9/h2-5,10,12,14H,6-8H2,1H3. The SMILES string of the molecule is CNCC1CCOC1c1ccc(F)cc1. The van der Waals surface area contributed by atoms with Crippen molar-refractivity contribution in [2.24, 2.45) is 5.92 Å². The van der Waals surface area contributed by atoms with E-state index in [1.165, 1.54) is 12.1 Å². The second-order valence-corrected chi connectivity index (χ2v) is 3.95. The molecule has 1 aromatic rings. The lowest BCUT2D eigenvalue weighted by atomic mass is 9.95. The molecule has 1 saturated heterocycles. The smallest absolute Gasteiger partial charge is 0.123 e. The van der Waals surface area contributed by atoms with E-state index in [0.29, 0.717) is 5.92 Å². The molecule has 2 rings (SSSR count). The Morgan fingerprint density at radius 2 is 2.13 bits per heavy atom. The number of halogens is 1. The zero-order valence-electron chi connectivity index (χ0n) is 8.87. The lowest BCUT2D eigenvalue weighted by molar-refractivity contribution is 0.0909. The Morgan fingerprint density at radius 1 is 1.40 bits per heavy atom. The molecule has 1 fully saturated rings. The van der Waals surface area contributed by atoms with E-state index in [2.05, 4.69) is 5.32 Å². The van der Waals surface area contributed by atoms with E-state index in [1.54, 1.807) is 0 Å². The molecule has 0 aromatic heterocycles. The van der Waals surface area contributed by atoms with Crippen LogP contribution in [-0.2, 0) is 4.74 Å². The molecule has 15 heavy (non-hydrogen) atoms. The quantitative estimate of drug-likeness (QED) is 0.823. The molecule has 1 N–H and O–H groups in total. The lowest BCUT2D eigenvalue weighted by Gasteiger charge is -2.18. The molecular weight excluding hydrogens is 193 g/mol. The van der Waals surface area contributed by atoms with Crippen molar-refractivity contribution < 1.29 is 9.13 Å². The van der Waals surface area contributed by atoms with Gasteiger partial charge in [-0.05, 0) is 31.2 Å². The maximum atomic E-state index is 12.8. The third-order valence-electron chi connectivity index (χ3n) is 2.88. The number of hydrogen-bond donors (Lipinski definition) is 1. The van der Waals surface area contributed by atoms with E-state index in [0.717, 1.165) is 25.1 Å². The first-order chi connectivity index (χ1) is 7.31. The van der Waals surface area contributed by atoms with Crippen LogP contribution in [0.15, 0.2) is 24.3 Å². The summed E-state index contributed by atoms with van der Waals surface area (Å²) >= 11 is 0. The van der Waals surface area contributed by atoms with Crippen LogP contribution < -0.4 is 5.32 Å². The molecule has 3 heteroatoms. The zero-order valence-corrected chi connectivity index (χ0v) is 8.87. The average molecular weight is 209 g/mol. The highest BCUT2D eigenvalue weighted by Crippen LogP contribution is 2.33. The zero-order chi connectivity index (χ0) is 10.7. The van der Waals surface area contributed by atoms with Crippen LogP contribution in [0.5, 0.6) is 0 Å². The third-order valence-corrected chi connectivity index (χ3v) is 2.88. The van der Waals surface area contributed by atoms with Crippen molar-refractivity contribution in [3.05, 3.63) is 35.6 Å². The Kier molecular flexibility index (Phi) is 3.34. The highest BCUT2D eigenvalue weighted by molar-refractivity contribution is 5.20. The topological polar surface area (TPSA) is 21.3 Å². The molecule has 2 nitrogen and oxygen atoms in total. The van der Waals surface area contributed by atoms with E-state index >= 15 is 0 Å². The van der Waals surface area contributed by atoms with Gasteiger partial charge in [0.1, 0.15) is 5.82 Å². The number of hydrogen-bond acceptors (Lipinski definition) is 2. The molecule has 1 aromatic carbocycles. The first-order valence-electron chi connectivity index (χ1n) is 5.33. The van der Waals surface area contributed by atoms with E-state index < -0.39 is 0 Å². The van der Waals surface area contributed by atoms with Gasteiger partial charge < -0.3 is 10.1 Å². The number of nitrogens with one attached hydrogen (secondary N) is 1. The van der Waals surface area contributed by atoms with Crippen molar-refractivity contribution in [2.75, 3.05) is 20.2 Å². The van der Waals surface area contributed by atoms with Crippen LogP contribution in [0.1, 0.15) is 18.1 Å². The van der Waals surface area contributed by atoms with E-state index in [4.69, 9.17) is 4.74 Å². The molecule has 1 heterocycles. The predicted molar refractivity (Wildman–Crippen MR) is 57.1 cm³/mol. The van der Waals surface area contributed by atoms with Crippen molar-refractivity contribution >= 4 is 0 Å². The number of benzene rings is 1. The van der Waals surface area contributed by atoms with Gasteiger partial charge in [-0.3, -0.25) is 0 Å². The van der Waals surface area contributed by atoms with Gasteiger partial charge in [0.05, 0.1) is 6.10 Å². The van der Waals surface area contributed by atoms with Crippen LogP contribution in [0, 0.1) is 11.7 Å². The normalized spacial score (nSPS) is 25.7. The first-order valence-corrected chi connectivity index (χ1v) is 5.33. The monoisotopic (exact) mass is 209 g/mol. The summed E-state index contributed by atoms with van der Waals surface area (Å²) in [7, 11) is 1.94. The highest BCUT2D eigenvalue weighted by atomic mass is 19.1. The van der Waals surface area contributed by atoms with Gasteiger partial charge in [-0.15, -0.1) is 0 Å². The fourth-order valence-corrected chi connectivity index (χ4v) is 2.13. The summed E-state index contributed by atoms with van der Waals surface area (Å²) in [6.07, 6.45) is 1.20. The fourth-order valence-electron chi connectivity index (χ4n) is 2.13. The van der Waals surface area contributed by atoms with Crippen molar-refractivity contribution in [1.29, 1.82) is 0 Å². The molecule has 0 radical (unpaired) electrons. The lowest BCUT2D eigenvalue weighted by Crippen LogP contribution is -2.21. The van der Waals surface area contributed by atoms with Crippen LogP contribution in [0.2, 0.25) is 0 Å². The fraction of sp³-hybridized carbons (Fsp3) is 0.500. The Morgan fingerprint density at radius 3 is 2.80 bits per heavy atom. The summed E-state index contributed by atoms with van der Waals surface area (Å²) in [6.45, 7) is 1.75. The first kappa shape index (κ1) is 10.6. The Labute approximate surface area is 89.4 Å². The maximum absolute atomic E-state index is 12.8. The summed E-state index contributed by atoms with van der Waals surface area (Å²) in [5, 5.41) is 3.17. The predicted octanol–water partition coefficient (Wildman–Crippen LogP) is 2.12. The second-order valence-electron chi connectivity index (χ2n) is 3.95. The second kappa shape index (κ2) is 4.73. The minimum absolute atomic E-state index is 0.123. The van der Waals surface area contributed by atoms with Gasteiger partial charge in [-0.25, -0.2) is 4.39 Å². The summed E-state index contributed by atoms with van der Waals surface area (Å²) in [5.41, 5.74) is 1.08. The minimum Gasteiger partial charge on any atom is -0.373 e. The molecule has 1 aliphatic rings. The highest BCUT2D eigenvalue weighted by Gasteiger charge is 2.28. The van der Waals surface area contributed by atoms with Gasteiger partial charge in [0.25, 0.3) is 0 Å². The molecule has 0 saturated carbocycles. The van der Waals surface area contributed by atoms with Crippen LogP contribution in [0.3, 0.4) is 0 Å². The molecule has 0 bridgehead atoms. The molecule has 0 amide bonds. The number of rotatable bonds is 3. The summed E-state index contributed by atoms with van der Waals surface area (Å²) in [4.78, 5) is 0. The third kappa shape index (κ3) is 2.36. The Balaban J connectivity index is 2.11. The van der Waals surface area contributed by atoms with E-state index in [-0.39, 0.29) is 11.9 Å². The summed E-state index contributed by atoms with van der Waals surface area (Å²) in [6, 6.07) is 6.61. The molecule has 1 aliphatic heterocycles. The molecule has 82 valence electrons. The van der Waals surface area contributed by atoms with Gasteiger partial charge in [-0.2, -0.15) is 0 Å². The molecule has 2 unspecified atom stereocenters. The van der Waals surface area contributed by atoms with Crippen molar-refractivity contribution in [1.82, 2.24) is 5.32 Å². The number of ether oxygens (including phenoxy) is 1. The Bertz CT molecular complexity index is 312. The molecule has 0 spiro atoms. The Hall–Kier alpha value is -0.930. The maximum Gasteiger partial charge on any atom is 0.123 e. The largest absolute Gasteiger partial charge is 0.373 e. The summed E-state index contributed by atoms with van der Waals surface area (Å²) < 4.78 is 18.4. The van der Waals surface area contributed by atoms with Crippen molar-refractivity contribution in [3.8, 4) is 0 Å². The minimum atomic E-state index is -0.193. The van der Waals surface area contributed by atoms with Crippen LogP contribution in [0.4, 0.5) is 4.39 Å². The van der Waals surface area contributed by atoms with Gasteiger partial charge in [0, 0.05) is 19.1 Å². The van der Waals surface area contributed by atoms with Gasteiger partial charge in [0.2, 0.25) is 0 Å². The molecule has 0 aliphatic carbocycles. The van der Waals surface area contributed by atoms with Gasteiger partial charge in [0.15, 0.2) is 0 Å². The summed E-state index contributed by atoms with van der Waals surface area (Å²) in [5.74, 6) is 0.308. The van der Waals surface area contributed by atoms with Crippen molar-refractivity contribution in [3.63, 3.8) is 0 Å². The van der Waals surface area contributed by atoms with Gasteiger partial charge >= 0.3 is 0 Å². The van der Waals surface area contributed by atoms with E-state index in [9.17, 15) is 4.39 Å². The van der Waals surface area contributed by atoms with Gasteiger partial charge in [-0.1, -0.05) is 12.1 Å². The van der Waals surface area contributed by atoms with Crippen molar-refractivity contribution in [2.45, 2.75) is 12.5 Å².